The van der Waals surface area contributed by atoms with Crippen LogP contribution in [-0.4, -0.2) is 26.7 Å². The van der Waals surface area contributed by atoms with Crippen molar-refractivity contribution in [1.29, 1.82) is 0 Å². The first-order valence-electron chi connectivity index (χ1n) is 9.59. The van der Waals surface area contributed by atoms with E-state index in [0.717, 1.165) is 24.5 Å². The predicted octanol–water partition coefficient (Wildman–Crippen LogP) is 5.44. The maximum Gasteiger partial charge on any atom is 0.417 e. The van der Waals surface area contributed by atoms with Gasteiger partial charge in [0.1, 0.15) is 10.6 Å². The van der Waals surface area contributed by atoms with Crippen LogP contribution in [0.25, 0.3) is 0 Å². The molecule has 1 heterocycles. The van der Waals surface area contributed by atoms with Gasteiger partial charge in [-0.05, 0) is 57.6 Å². The average molecular weight is 448 g/mol. The van der Waals surface area contributed by atoms with Crippen molar-refractivity contribution < 1.29 is 18.3 Å². The molecule has 2 aromatic rings. The highest BCUT2D eigenvalue weighted by atomic mass is 32.2. The number of hydrogen-bond donors (Lipinski definition) is 1. The molecule has 0 spiro atoms. The number of aliphatic hydroxyl groups is 1. The van der Waals surface area contributed by atoms with Crippen LogP contribution in [0.2, 0.25) is 0 Å². The number of unbranched alkanes of at least 4 members (excludes halogenated alkanes) is 1. The number of halogens is 3. The normalized spacial score (nSPS) is 13.5. The zero-order valence-corrected chi connectivity index (χ0v) is 19.0. The summed E-state index contributed by atoms with van der Waals surface area (Å²) in [5, 5.41) is 15.3. The summed E-state index contributed by atoms with van der Waals surface area (Å²) in [6.07, 6.45) is -2.59. The Morgan fingerprint density at radius 3 is 2.52 bits per heavy atom. The fraction of sp³-hybridized carbons (Fsp3) is 0.600. The van der Waals surface area contributed by atoms with Gasteiger partial charge in [-0.3, -0.25) is 4.99 Å². The molecular formula is C20H28F3N3OS2. The summed E-state index contributed by atoms with van der Waals surface area (Å²) < 4.78 is 41.8. The molecule has 0 saturated heterocycles. The van der Waals surface area contributed by atoms with E-state index in [1.807, 2.05) is 20.8 Å². The lowest BCUT2D eigenvalue weighted by Gasteiger charge is -2.14. The summed E-state index contributed by atoms with van der Waals surface area (Å²) in [5.74, 6) is 0.643. The number of thioether (sulfide) groups is 1. The summed E-state index contributed by atoms with van der Waals surface area (Å²) in [5.41, 5.74) is -0.997. The average Bonchev–Trinajstić information content (AvgIpc) is 2.96. The van der Waals surface area contributed by atoms with Crippen molar-refractivity contribution in [1.82, 2.24) is 9.78 Å². The largest absolute Gasteiger partial charge is 0.417 e. The predicted molar refractivity (Wildman–Crippen MR) is 112 cm³/mol. The fourth-order valence-electron chi connectivity index (χ4n) is 2.49. The molecule has 0 aliphatic heterocycles. The van der Waals surface area contributed by atoms with E-state index < -0.39 is 17.3 Å². The van der Waals surface area contributed by atoms with Crippen LogP contribution in [0.4, 0.5) is 13.2 Å². The van der Waals surface area contributed by atoms with Crippen LogP contribution in [0.1, 0.15) is 63.6 Å². The Bertz CT molecular complexity index is 880. The number of rotatable bonds is 8. The van der Waals surface area contributed by atoms with Gasteiger partial charge < -0.3 is 5.11 Å². The minimum Gasteiger partial charge on any atom is -0.383 e. The Morgan fingerprint density at radius 2 is 1.97 bits per heavy atom. The van der Waals surface area contributed by atoms with Gasteiger partial charge in [0.25, 0.3) is 0 Å². The molecule has 1 aromatic carbocycles. The van der Waals surface area contributed by atoms with Gasteiger partial charge in [-0.2, -0.15) is 18.3 Å². The Morgan fingerprint density at radius 1 is 1.28 bits per heavy atom. The molecular weight excluding hydrogens is 419 g/mol. The van der Waals surface area contributed by atoms with Crippen molar-refractivity contribution in [3.05, 3.63) is 39.1 Å². The lowest BCUT2D eigenvalue weighted by molar-refractivity contribution is -0.139. The summed E-state index contributed by atoms with van der Waals surface area (Å²) in [4.78, 5) is 5.43. The molecule has 0 radical (unpaired) electrons. The lowest BCUT2D eigenvalue weighted by atomic mass is 10.1. The van der Waals surface area contributed by atoms with Gasteiger partial charge in [-0.1, -0.05) is 30.7 Å². The van der Waals surface area contributed by atoms with Crippen LogP contribution in [0.15, 0.2) is 28.1 Å². The first-order chi connectivity index (χ1) is 13.4. The van der Waals surface area contributed by atoms with Crippen molar-refractivity contribution in [2.75, 3.05) is 5.75 Å². The van der Waals surface area contributed by atoms with Gasteiger partial charge in [0.2, 0.25) is 4.80 Å². The van der Waals surface area contributed by atoms with Gasteiger partial charge in [-0.25, -0.2) is 4.68 Å². The highest BCUT2D eigenvalue weighted by Crippen LogP contribution is 2.37. The van der Waals surface area contributed by atoms with Crippen LogP contribution in [0.5, 0.6) is 0 Å². The summed E-state index contributed by atoms with van der Waals surface area (Å²) >= 11 is 2.53. The molecule has 0 amide bonds. The van der Waals surface area contributed by atoms with E-state index in [9.17, 15) is 18.3 Å². The van der Waals surface area contributed by atoms with Gasteiger partial charge in [0.15, 0.2) is 0 Å². The molecule has 29 heavy (non-hydrogen) atoms. The number of alkyl halides is 3. The molecule has 9 heteroatoms. The molecule has 1 aromatic heterocycles. The van der Waals surface area contributed by atoms with Crippen molar-refractivity contribution in [2.45, 2.75) is 76.7 Å². The van der Waals surface area contributed by atoms with Crippen LogP contribution in [-0.2, 0) is 18.3 Å². The van der Waals surface area contributed by atoms with Crippen molar-refractivity contribution in [3.63, 3.8) is 0 Å². The zero-order chi connectivity index (χ0) is 21.8. The molecule has 0 fully saturated rings. The van der Waals surface area contributed by atoms with Crippen molar-refractivity contribution in [2.24, 2.45) is 4.99 Å². The Hall–Kier alpha value is -1.32. The Kier molecular flexibility index (Phi) is 7.98. The molecule has 0 aliphatic carbocycles. The van der Waals surface area contributed by atoms with Crippen LogP contribution >= 0.6 is 23.1 Å². The van der Waals surface area contributed by atoms with Gasteiger partial charge in [-0.15, -0.1) is 11.8 Å². The highest BCUT2D eigenvalue weighted by Gasteiger charge is 2.33. The van der Waals surface area contributed by atoms with E-state index in [2.05, 4.69) is 10.1 Å². The monoisotopic (exact) mass is 447 g/mol. The number of nitrogens with zero attached hydrogens (tertiary/aromatic N) is 3. The van der Waals surface area contributed by atoms with E-state index in [0.29, 0.717) is 15.6 Å². The third-order valence-electron chi connectivity index (χ3n) is 3.95. The first kappa shape index (κ1) is 24.0. The second-order valence-corrected chi connectivity index (χ2v) is 9.75. The van der Waals surface area contributed by atoms with Gasteiger partial charge in [0, 0.05) is 10.9 Å². The molecule has 0 aliphatic rings. The number of aromatic nitrogens is 2. The third-order valence-corrected chi connectivity index (χ3v) is 6.37. The van der Waals surface area contributed by atoms with E-state index in [4.69, 9.17) is 0 Å². The summed E-state index contributed by atoms with van der Waals surface area (Å²) in [6, 6.07) is 4.26. The molecule has 0 bridgehead atoms. The minimum atomic E-state index is -4.38. The molecule has 1 N–H and O–H groups in total. The number of hydrogen-bond acceptors (Lipinski definition) is 5. The van der Waals surface area contributed by atoms with Crippen LogP contribution < -0.4 is 4.80 Å². The van der Waals surface area contributed by atoms with E-state index in [1.165, 1.54) is 29.2 Å². The van der Waals surface area contributed by atoms with Crippen LogP contribution in [0, 0.1) is 0 Å². The van der Waals surface area contributed by atoms with Crippen molar-refractivity contribution >= 4 is 23.1 Å². The van der Waals surface area contributed by atoms with Gasteiger partial charge >= 0.3 is 6.18 Å². The first-order valence-corrected chi connectivity index (χ1v) is 11.4. The van der Waals surface area contributed by atoms with E-state index >= 15 is 0 Å². The quantitative estimate of drug-likeness (QED) is 0.433. The second kappa shape index (κ2) is 9.66. The lowest BCUT2D eigenvalue weighted by Crippen LogP contribution is -2.20. The smallest absolute Gasteiger partial charge is 0.383 e. The van der Waals surface area contributed by atoms with Gasteiger partial charge in [0.05, 0.1) is 12.1 Å². The molecule has 0 unspecified atom stereocenters. The van der Waals surface area contributed by atoms with Crippen molar-refractivity contribution in [3.8, 4) is 0 Å². The number of benzene rings is 1. The van der Waals surface area contributed by atoms with E-state index in [1.54, 1.807) is 24.6 Å². The molecule has 0 atom stereocenters. The Labute approximate surface area is 177 Å². The fourth-order valence-corrected chi connectivity index (χ4v) is 4.76. The molecule has 162 valence electrons. The standard InChI is InChI=1S/C20H28F3N3OS2/c1-6-7-10-28-16-11-14(8-9-15(16)20(21,22)23)12-26-18(24-13(2)3)29-17(25-26)19(4,5)27/h8-9,11,13,27H,6-7,10,12H2,1-5H3/b24-18+. The molecule has 2 rings (SSSR count). The SMILES string of the molecule is CCCCSc1cc(Cn2nc(C(C)(C)O)s/c2=N/C(C)C)ccc1C(F)(F)F. The topological polar surface area (TPSA) is 50.4 Å². The third kappa shape index (κ3) is 6.86. The Balaban J connectivity index is 2.43. The summed E-state index contributed by atoms with van der Waals surface area (Å²) in [6.45, 7) is 9.48. The maximum absolute atomic E-state index is 13.4. The summed E-state index contributed by atoms with van der Waals surface area (Å²) in [7, 11) is 0. The molecule has 4 nitrogen and oxygen atoms in total. The molecule has 0 saturated carbocycles. The van der Waals surface area contributed by atoms with Crippen LogP contribution in [0.3, 0.4) is 0 Å². The van der Waals surface area contributed by atoms with E-state index in [-0.39, 0.29) is 17.5 Å². The second-order valence-electron chi connectivity index (χ2n) is 7.66. The minimum absolute atomic E-state index is 0.0316. The highest BCUT2D eigenvalue weighted by molar-refractivity contribution is 7.99. The maximum atomic E-state index is 13.4. The zero-order valence-electron chi connectivity index (χ0n) is 17.4.